The Morgan fingerprint density at radius 3 is 1.80 bits per heavy atom. The first-order valence-corrected chi connectivity index (χ1v) is 3.31. The van der Waals surface area contributed by atoms with E-state index in [1.807, 2.05) is 0 Å². The number of hydrogen-bond acceptors (Lipinski definition) is 4. The lowest BCUT2D eigenvalue weighted by Gasteiger charge is -2.03. The average molecular weight is 178 g/mol. The predicted octanol–water partition coefficient (Wildman–Crippen LogP) is -0.117. The van der Waals surface area contributed by atoms with Gasteiger partial charge < -0.3 is 9.79 Å². The van der Waals surface area contributed by atoms with E-state index in [1.54, 1.807) is 0 Å². The molecular weight excluding hydrogens is 176 g/mol. The van der Waals surface area contributed by atoms with Crippen molar-refractivity contribution in [1.29, 1.82) is 0 Å². The summed E-state index contributed by atoms with van der Waals surface area (Å²) in [5.41, 5.74) is 0. The van der Waals surface area contributed by atoms with Gasteiger partial charge in [0, 0.05) is 0 Å². The number of halogens is 2. The number of hydrogen-bond donors (Lipinski definition) is 2. The van der Waals surface area contributed by atoms with Gasteiger partial charge in [0.05, 0.1) is 0 Å². The summed E-state index contributed by atoms with van der Waals surface area (Å²) in [5.74, 6) is 0. The van der Waals surface area contributed by atoms with E-state index in [2.05, 4.69) is 14.2 Å². The highest BCUT2D eigenvalue weighted by atomic mass is 31.2. The van der Waals surface area contributed by atoms with Gasteiger partial charge in [0.25, 0.3) is 0 Å². The molecule has 60 valence electrons. The molecule has 0 unspecified atom stereocenters. The smallest absolute Gasteiger partial charge is 0.303 e. The van der Waals surface area contributed by atoms with Crippen LogP contribution in [0.2, 0.25) is 0 Å². The van der Waals surface area contributed by atoms with Gasteiger partial charge in [-0.2, -0.15) is 9.72 Å². The molecule has 10 heavy (non-hydrogen) atoms. The van der Waals surface area contributed by atoms with Gasteiger partial charge in [0.15, 0.2) is 0 Å². The Bertz CT molecular complexity index is 128. The molecule has 0 amide bonds. The Hall–Kier alpha value is -0.0451. The maximum Gasteiger partial charge on any atom is 0.713 e. The molecule has 0 radical (unpaired) electrons. The van der Waals surface area contributed by atoms with Crippen LogP contribution in [0.3, 0.4) is 0 Å². The summed E-state index contributed by atoms with van der Waals surface area (Å²) >= 11 is 0. The van der Waals surface area contributed by atoms with Crippen molar-refractivity contribution in [3.8, 4) is 0 Å². The fourth-order valence-electron chi connectivity index (χ4n) is 0.158. The quantitative estimate of drug-likeness (QED) is 0.460. The van der Waals surface area contributed by atoms with E-state index in [0.29, 0.717) is 0 Å². The molecule has 0 fully saturated rings. The number of rotatable bonds is 4. The molecule has 0 aliphatic heterocycles. The molecule has 0 aromatic carbocycles. The van der Waals surface area contributed by atoms with Gasteiger partial charge in [0.2, 0.25) is 0 Å². The molecule has 0 atom stereocenters. The van der Waals surface area contributed by atoms with Crippen LogP contribution >= 0.6 is 7.82 Å². The SMILES string of the molecule is O=P(O)(O)OB(OF)OF. The van der Waals surface area contributed by atoms with E-state index in [0.717, 1.165) is 0 Å². The molecular formula is H2BF2O6P. The fourth-order valence-corrected chi connectivity index (χ4v) is 0.448. The molecule has 0 heterocycles. The van der Waals surface area contributed by atoms with E-state index < -0.39 is 15.1 Å². The van der Waals surface area contributed by atoms with Crippen LogP contribution in [0.15, 0.2) is 0 Å². The molecule has 6 nitrogen and oxygen atoms in total. The monoisotopic (exact) mass is 178 g/mol. The molecule has 2 N–H and O–H groups in total. The second kappa shape index (κ2) is 3.96. The third-order valence-electron chi connectivity index (χ3n) is 0.369. The third kappa shape index (κ3) is 4.80. The molecule has 0 aliphatic rings. The highest BCUT2D eigenvalue weighted by Gasteiger charge is 2.33. The lowest BCUT2D eigenvalue weighted by molar-refractivity contribution is -0.131. The molecule has 0 rings (SSSR count). The minimum Gasteiger partial charge on any atom is -0.303 e. The van der Waals surface area contributed by atoms with Gasteiger partial charge in [-0.25, -0.2) is 4.57 Å². The Balaban J connectivity index is 3.75. The minimum atomic E-state index is -4.98. The van der Waals surface area contributed by atoms with Crippen molar-refractivity contribution in [2.45, 2.75) is 0 Å². The lowest BCUT2D eigenvalue weighted by Crippen LogP contribution is -2.18. The van der Waals surface area contributed by atoms with Crippen LogP contribution in [-0.2, 0) is 18.7 Å². The Morgan fingerprint density at radius 1 is 1.30 bits per heavy atom. The van der Waals surface area contributed by atoms with Gasteiger partial charge in [-0.15, -0.1) is 0 Å². The Labute approximate surface area is 53.9 Å². The van der Waals surface area contributed by atoms with Crippen molar-refractivity contribution >= 4 is 15.1 Å². The van der Waals surface area contributed by atoms with Crippen LogP contribution < -0.4 is 0 Å². The normalized spacial score (nSPS) is 11.6. The van der Waals surface area contributed by atoms with Gasteiger partial charge >= 0.3 is 15.1 Å². The van der Waals surface area contributed by atoms with Crippen LogP contribution in [-0.4, -0.2) is 17.1 Å². The highest BCUT2D eigenvalue weighted by molar-refractivity contribution is 7.47. The minimum absolute atomic E-state index is 2.46. The summed E-state index contributed by atoms with van der Waals surface area (Å²) in [6.07, 6.45) is 0. The second-order valence-corrected chi connectivity index (χ2v) is 2.25. The van der Waals surface area contributed by atoms with Crippen molar-refractivity contribution in [3.63, 3.8) is 0 Å². The summed E-state index contributed by atoms with van der Waals surface area (Å²) in [5, 5.41) is 0. The van der Waals surface area contributed by atoms with Crippen LogP contribution in [0.1, 0.15) is 0 Å². The van der Waals surface area contributed by atoms with E-state index in [9.17, 15) is 13.6 Å². The largest absolute Gasteiger partial charge is 0.713 e. The van der Waals surface area contributed by atoms with E-state index >= 15 is 0 Å². The predicted molar refractivity (Wildman–Crippen MR) is 23.3 cm³/mol. The van der Waals surface area contributed by atoms with Crippen LogP contribution in [0.4, 0.5) is 9.05 Å². The second-order valence-electron chi connectivity index (χ2n) is 1.06. The molecule has 0 aromatic heterocycles. The molecule has 0 bridgehead atoms. The highest BCUT2D eigenvalue weighted by Crippen LogP contribution is 2.36. The zero-order valence-electron chi connectivity index (χ0n) is 4.31. The summed E-state index contributed by atoms with van der Waals surface area (Å²) < 4.78 is 34.7. The molecule has 0 aliphatic carbocycles. The maximum absolute atomic E-state index is 10.9. The van der Waals surface area contributed by atoms with Crippen molar-refractivity contribution in [3.05, 3.63) is 0 Å². The van der Waals surface area contributed by atoms with Crippen molar-refractivity contribution in [2.75, 3.05) is 0 Å². The Kier molecular flexibility index (Phi) is 3.95. The van der Waals surface area contributed by atoms with Crippen molar-refractivity contribution < 1.29 is 37.6 Å². The van der Waals surface area contributed by atoms with Gasteiger partial charge in [-0.05, 0) is 0 Å². The first kappa shape index (κ1) is 9.95. The molecule has 0 aromatic rings. The molecule has 0 saturated heterocycles. The maximum atomic E-state index is 10.9. The summed E-state index contributed by atoms with van der Waals surface area (Å²) in [4.78, 5) is 20.6. The van der Waals surface area contributed by atoms with Crippen LogP contribution in [0, 0.1) is 0 Å². The van der Waals surface area contributed by atoms with Crippen LogP contribution in [0.5, 0.6) is 0 Å². The summed E-state index contributed by atoms with van der Waals surface area (Å²) in [6.45, 7) is 0. The first-order valence-electron chi connectivity index (χ1n) is 1.78. The molecule has 10 heteroatoms. The Morgan fingerprint density at radius 2 is 1.70 bits per heavy atom. The van der Waals surface area contributed by atoms with Gasteiger partial charge in [-0.3, -0.25) is 4.44 Å². The average Bonchev–Trinajstić information content (AvgIpc) is 1.81. The van der Waals surface area contributed by atoms with Gasteiger partial charge in [0.1, 0.15) is 0 Å². The summed E-state index contributed by atoms with van der Waals surface area (Å²) in [6, 6.07) is 0. The number of phosphoric acid groups is 1. The molecule has 0 spiro atoms. The standard InChI is InChI=1S/BF2H2O6P/c2-7-1(8-3)9-10(4,5)6/h(H2,4,5,6). The molecule has 0 saturated carbocycles. The first-order chi connectivity index (χ1) is 4.49. The third-order valence-corrected chi connectivity index (χ3v) is 0.816. The zero-order chi connectivity index (χ0) is 8.20. The zero-order valence-corrected chi connectivity index (χ0v) is 5.20. The summed E-state index contributed by atoms with van der Waals surface area (Å²) in [7, 11) is -7.64. The fraction of sp³-hybridized carbons (Fsp3) is 0. The van der Waals surface area contributed by atoms with Crippen molar-refractivity contribution in [1.82, 2.24) is 0 Å². The van der Waals surface area contributed by atoms with Gasteiger partial charge in [-0.1, -0.05) is 9.05 Å². The van der Waals surface area contributed by atoms with E-state index in [1.165, 1.54) is 0 Å². The lowest BCUT2D eigenvalue weighted by atomic mass is 10.3. The topological polar surface area (TPSA) is 85.2 Å². The van der Waals surface area contributed by atoms with Crippen LogP contribution in [0.25, 0.3) is 0 Å². The van der Waals surface area contributed by atoms with E-state index in [4.69, 9.17) is 9.79 Å². The van der Waals surface area contributed by atoms with Crippen molar-refractivity contribution in [2.24, 2.45) is 0 Å². The van der Waals surface area contributed by atoms with E-state index in [-0.39, 0.29) is 0 Å².